The van der Waals surface area contributed by atoms with E-state index in [1.54, 1.807) is 0 Å². The lowest BCUT2D eigenvalue weighted by atomic mass is 10.1. The number of H-pyrrole nitrogens is 1. The molecule has 1 amide bonds. The Kier molecular flexibility index (Phi) is 6.09. The number of anilines is 1. The van der Waals surface area contributed by atoms with E-state index in [9.17, 15) is 36.6 Å². The van der Waals surface area contributed by atoms with Crippen molar-refractivity contribution in [2.24, 2.45) is 0 Å². The molecule has 0 saturated heterocycles. The molecule has 3 heterocycles. The number of rotatable bonds is 7. The first-order valence-corrected chi connectivity index (χ1v) is 12.1. The van der Waals surface area contributed by atoms with Crippen LogP contribution in [0.15, 0.2) is 47.5 Å². The molecule has 2 aliphatic rings. The highest BCUT2D eigenvalue weighted by Crippen LogP contribution is 2.44. The molecule has 0 unspecified atom stereocenters. The van der Waals surface area contributed by atoms with Crippen molar-refractivity contribution >= 4 is 22.6 Å². The van der Waals surface area contributed by atoms with E-state index in [2.05, 4.69) is 29.3 Å². The molecule has 0 spiro atoms. The quantitative estimate of drug-likeness (QED) is 0.317. The van der Waals surface area contributed by atoms with E-state index in [1.807, 2.05) is 0 Å². The normalized spacial score (nSPS) is 15.8. The minimum atomic E-state index is -4.99. The predicted molar refractivity (Wildman–Crippen MR) is 129 cm³/mol. The molecule has 0 atom stereocenters. The number of aliphatic hydroxyl groups is 1. The van der Waals surface area contributed by atoms with Crippen LogP contribution in [0.5, 0.6) is 17.2 Å². The van der Waals surface area contributed by atoms with Gasteiger partial charge in [-0.15, -0.1) is 22.0 Å². The number of aliphatic hydroxyl groups excluding tert-OH is 1. The summed E-state index contributed by atoms with van der Waals surface area (Å²) in [6.07, 6.45) is -6.33. The number of hydrogen-bond acceptors (Lipinski definition) is 8. The minimum absolute atomic E-state index is 0.0708. The summed E-state index contributed by atoms with van der Waals surface area (Å²) in [5.41, 5.74) is -0.332. The first-order valence-electron chi connectivity index (χ1n) is 12.1. The summed E-state index contributed by atoms with van der Waals surface area (Å²) >= 11 is 0. The summed E-state index contributed by atoms with van der Waals surface area (Å²) in [5.74, 6) is -1.64. The first-order chi connectivity index (χ1) is 19.4. The van der Waals surface area contributed by atoms with Crippen molar-refractivity contribution < 1.29 is 46.1 Å². The van der Waals surface area contributed by atoms with Gasteiger partial charge in [-0.1, -0.05) is 0 Å². The van der Waals surface area contributed by atoms with Gasteiger partial charge >= 0.3 is 12.7 Å². The number of aromatic nitrogens is 4. The van der Waals surface area contributed by atoms with Gasteiger partial charge in [-0.25, -0.2) is 9.67 Å². The summed E-state index contributed by atoms with van der Waals surface area (Å²) in [4.78, 5) is 34.8. The third-order valence-corrected chi connectivity index (χ3v) is 6.39. The molecule has 0 bridgehead atoms. The predicted octanol–water partition coefficient (Wildman–Crippen LogP) is 3.69. The standard InChI is InChI=1S/C25H18F5N5O6/c26-24(27,28)39-16-5-1-12(7-13(16)10-36)20-21-22(32-11-31-21)23(38)34(33-20)9-19(37)35(14-2-3-14)15-4-6-17-18(8-15)41-25(29,30)40-17/h1,4-8,11,14,36H,2-3,9-10H2,(H,31,32). The molecule has 2 aromatic carbocycles. The van der Waals surface area contributed by atoms with Gasteiger partial charge in [0.05, 0.1) is 18.5 Å². The van der Waals surface area contributed by atoms with Gasteiger partial charge < -0.3 is 29.2 Å². The lowest BCUT2D eigenvalue weighted by Gasteiger charge is -2.23. The van der Waals surface area contributed by atoms with Gasteiger partial charge in [-0.05, 0) is 43.2 Å². The molecular formula is C25H18F5N5O6. The maximum Gasteiger partial charge on any atom is 0.586 e. The van der Waals surface area contributed by atoms with Gasteiger partial charge in [0.2, 0.25) is 5.91 Å². The van der Waals surface area contributed by atoms with E-state index in [4.69, 9.17) is 0 Å². The number of carbonyl (C=O) groups excluding carboxylic acids is 1. The lowest BCUT2D eigenvalue weighted by molar-refractivity contribution is -0.286. The fraction of sp³-hybridized carbons (Fsp3) is 0.280. The molecule has 11 nitrogen and oxygen atoms in total. The van der Waals surface area contributed by atoms with Crippen molar-refractivity contribution in [2.75, 3.05) is 4.90 Å². The summed E-state index contributed by atoms with van der Waals surface area (Å²) in [7, 11) is 0. The van der Waals surface area contributed by atoms with Crippen LogP contribution in [0, 0.1) is 0 Å². The third-order valence-electron chi connectivity index (χ3n) is 6.39. The van der Waals surface area contributed by atoms with E-state index < -0.39 is 43.0 Å². The highest BCUT2D eigenvalue weighted by Gasteiger charge is 2.44. The van der Waals surface area contributed by atoms with Crippen LogP contribution in [0.3, 0.4) is 0 Å². The third kappa shape index (κ3) is 5.13. The molecule has 1 aliphatic carbocycles. The van der Waals surface area contributed by atoms with E-state index in [1.165, 1.54) is 41.6 Å². The zero-order valence-corrected chi connectivity index (χ0v) is 20.6. The number of carbonyl (C=O) groups is 1. The van der Waals surface area contributed by atoms with E-state index in [0.29, 0.717) is 12.8 Å². The fourth-order valence-electron chi connectivity index (χ4n) is 4.54. The van der Waals surface area contributed by atoms with Gasteiger partial charge in [0.1, 0.15) is 18.0 Å². The van der Waals surface area contributed by atoms with Crippen LogP contribution < -0.4 is 24.7 Å². The van der Waals surface area contributed by atoms with Crippen molar-refractivity contribution in [2.45, 2.75) is 44.7 Å². The molecule has 4 aromatic rings. The molecule has 41 heavy (non-hydrogen) atoms. The maximum absolute atomic E-state index is 13.5. The average Bonchev–Trinajstić information content (AvgIpc) is 3.49. The smallest absolute Gasteiger partial charge is 0.405 e. The Hall–Kier alpha value is -4.73. The Morgan fingerprint density at radius 3 is 2.63 bits per heavy atom. The monoisotopic (exact) mass is 579 g/mol. The fourth-order valence-corrected chi connectivity index (χ4v) is 4.54. The molecular weight excluding hydrogens is 561 g/mol. The summed E-state index contributed by atoms with van der Waals surface area (Å²) < 4.78 is 79.0. The maximum atomic E-state index is 13.5. The summed E-state index contributed by atoms with van der Waals surface area (Å²) in [6, 6.07) is 7.11. The Morgan fingerprint density at radius 1 is 1.17 bits per heavy atom. The zero-order chi connectivity index (χ0) is 29.1. The van der Waals surface area contributed by atoms with E-state index >= 15 is 0 Å². The number of hydrogen-bond donors (Lipinski definition) is 2. The summed E-state index contributed by atoms with van der Waals surface area (Å²) in [5, 5.41) is 13.9. The van der Waals surface area contributed by atoms with Gasteiger partial charge in [-0.2, -0.15) is 5.10 Å². The second-order valence-electron chi connectivity index (χ2n) is 9.26. The van der Waals surface area contributed by atoms with Crippen molar-refractivity contribution in [3.05, 3.63) is 58.6 Å². The molecule has 2 aromatic heterocycles. The number of fused-ring (bicyclic) bond motifs is 2. The SMILES string of the molecule is O=C(Cn1nc(-c2ccc(OC(F)(F)F)c(CO)c2)c2[nH]cnc2c1=O)N(c1ccc2c(c1)OC(F)(F)O2)C1CC1. The van der Waals surface area contributed by atoms with Crippen LogP contribution in [0.2, 0.25) is 0 Å². The van der Waals surface area contributed by atoms with Crippen LogP contribution in [0.25, 0.3) is 22.3 Å². The van der Waals surface area contributed by atoms with Crippen molar-refractivity contribution in [1.29, 1.82) is 0 Å². The molecule has 16 heteroatoms. The van der Waals surface area contributed by atoms with Gasteiger partial charge in [0.25, 0.3) is 5.56 Å². The van der Waals surface area contributed by atoms with Crippen molar-refractivity contribution in [1.82, 2.24) is 19.7 Å². The highest BCUT2D eigenvalue weighted by atomic mass is 19.4. The second kappa shape index (κ2) is 9.43. The second-order valence-corrected chi connectivity index (χ2v) is 9.26. The van der Waals surface area contributed by atoms with E-state index in [-0.39, 0.29) is 51.1 Å². The number of imidazole rings is 1. The zero-order valence-electron chi connectivity index (χ0n) is 20.6. The van der Waals surface area contributed by atoms with Crippen LogP contribution in [0.4, 0.5) is 27.6 Å². The average molecular weight is 579 g/mol. The molecule has 1 saturated carbocycles. The van der Waals surface area contributed by atoms with Crippen LogP contribution >= 0.6 is 0 Å². The minimum Gasteiger partial charge on any atom is -0.405 e. The highest BCUT2D eigenvalue weighted by molar-refractivity contribution is 5.95. The number of alkyl halides is 5. The molecule has 6 rings (SSSR count). The number of benzene rings is 2. The van der Waals surface area contributed by atoms with Gasteiger partial charge in [0.15, 0.2) is 17.0 Å². The number of ether oxygens (including phenoxy) is 3. The summed E-state index contributed by atoms with van der Waals surface area (Å²) in [6.45, 7) is -1.36. The molecule has 214 valence electrons. The molecule has 1 aliphatic heterocycles. The van der Waals surface area contributed by atoms with Crippen LogP contribution in [0.1, 0.15) is 18.4 Å². The largest absolute Gasteiger partial charge is 0.586 e. The first kappa shape index (κ1) is 26.5. The molecule has 2 N–H and O–H groups in total. The molecule has 1 fully saturated rings. The number of nitrogens with zero attached hydrogens (tertiary/aromatic N) is 4. The Labute approximate surface area is 225 Å². The van der Waals surface area contributed by atoms with Crippen molar-refractivity contribution in [3.63, 3.8) is 0 Å². The Balaban J connectivity index is 1.35. The Morgan fingerprint density at radius 2 is 1.93 bits per heavy atom. The topological polar surface area (TPSA) is 132 Å². The number of amides is 1. The van der Waals surface area contributed by atoms with Crippen molar-refractivity contribution in [3.8, 4) is 28.5 Å². The van der Waals surface area contributed by atoms with Crippen LogP contribution in [-0.2, 0) is 17.9 Å². The van der Waals surface area contributed by atoms with Crippen LogP contribution in [-0.4, -0.2) is 49.5 Å². The number of aromatic amines is 1. The number of halogens is 5. The van der Waals surface area contributed by atoms with E-state index in [0.717, 1.165) is 10.7 Å². The lowest BCUT2D eigenvalue weighted by Crippen LogP contribution is -2.39. The van der Waals surface area contributed by atoms with Gasteiger partial charge in [0, 0.05) is 28.9 Å². The Bertz CT molecular complexity index is 1730. The molecule has 0 radical (unpaired) electrons. The number of nitrogens with one attached hydrogen (secondary N) is 1. The van der Waals surface area contributed by atoms with Gasteiger partial charge in [-0.3, -0.25) is 9.59 Å².